The third kappa shape index (κ3) is 1.67. The third-order valence-electron chi connectivity index (χ3n) is 2.83. The lowest BCUT2D eigenvalue weighted by Gasteiger charge is -2.07. The number of aliphatic hydroxyl groups is 1. The van der Waals surface area contributed by atoms with E-state index in [-0.39, 0.29) is 18.9 Å². The molecule has 94 valence electrons. The molecule has 0 spiro atoms. The summed E-state index contributed by atoms with van der Waals surface area (Å²) < 4.78 is 10.4. The summed E-state index contributed by atoms with van der Waals surface area (Å²) >= 11 is 0. The number of cyclic esters (lactones) is 1. The molecular weight excluding hydrogens is 238 g/mol. The van der Waals surface area contributed by atoms with Crippen LogP contribution in [0.25, 0.3) is 11.0 Å². The molecule has 0 saturated carbocycles. The Morgan fingerprint density at radius 1 is 1.39 bits per heavy atom. The van der Waals surface area contributed by atoms with Gasteiger partial charge in [0.15, 0.2) is 0 Å². The third-order valence-corrected chi connectivity index (χ3v) is 2.83. The molecule has 1 aromatic carbocycles. The molecule has 1 aliphatic heterocycles. The second-order valence-corrected chi connectivity index (χ2v) is 4.11. The zero-order valence-corrected chi connectivity index (χ0v) is 9.37. The number of benzene rings is 1. The normalized spacial score (nSPS) is 19.5. The van der Waals surface area contributed by atoms with Crippen LogP contribution < -0.4 is 4.90 Å². The van der Waals surface area contributed by atoms with Gasteiger partial charge in [-0.3, -0.25) is 0 Å². The van der Waals surface area contributed by atoms with E-state index in [1.807, 2.05) is 0 Å². The average molecular weight is 249 g/mol. The van der Waals surface area contributed by atoms with Gasteiger partial charge in [0, 0.05) is 17.5 Å². The first-order chi connectivity index (χ1) is 8.67. The monoisotopic (exact) mass is 249 g/mol. The molecule has 3 rings (SSSR count). The maximum Gasteiger partial charge on any atom is 0.417 e. The molecule has 0 bridgehead atoms. The van der Waals surface area contributed by atoms with Gasteiger partial charge in [-0.15, -0.1) is 0 Å². The summed E-state index contributed by atoms with van der Waals surface area (Å²) in [6, 6.07) is 6.41. The predicted octanol–water partition coefficient (Wildman–Crippen LogP) is 1.46. The molecule has 18 heavy (non-hydrogen) atoms. The highest BCUT2D eigenvalue weighted by molar-refractivity contribution is 5.92. The molecule has 1 amide bonds. The highest BCUT2D eigenvalue weighted by Crippen LogP contribution is 2.30. The number of hydrogen-bond donors (Lipinski definition) is 2. The van der Waals surface area contributed by atoms with E-state index in [1.165, 1.54) is 11.0 Å². The largest absolute Gasteiger partial charge is 0.508 e. The Kier molecular flexibility index (Phi) is 2.38. The Bertz CT molecular complexity index is 606. The van der Waals surface area contributed by atoms with Crippen molar-refractivity contribution in [1.82, 2.24) is 0 Å². The number of aliphatic hydroxyl groups excluding tert-OH is 1. The number of anilines is 1. The summed E-state index contributed by atoms with van der Waals surface area (Å²) in [6.45, 7) is 0.0321. The first kappa shape index (κ1) is 10.9. The smallest absolute Gasteiger partial charge is 0.417 e. The molecule has 1 fully saturated rings. The number of carbonyl (C=O) groups is 1. The fourth-order valence-corrected chi connectivity index (χ4v) is 1.94. The number of phenols is 1. The maximum absolute atomic E-state index is 11.6. The van der Waals surface area contributed by atoms with Gasteiger partial charge < -0.3 is 19.4 Å². The van der Waals surface area contributed by atoms with Crippen molar-refractivity contribution in [3.63, 3.8) is 0 Å². The molecule has 6 nitrogen and oxygen atoms in total. The molecule has 6 heteroatoms. The van der Waals surface area contributed by atoms with Crippen LogP contribution in [0.3, 0.4) is 0 Å². The minimum atomic E-state index is -0.544. The van der Waals surface area contributed by atoms with E-state index in [9.17, 15) is 9.90 Å². The number of rotatable bonds is 2. The topological polar surface area (TPSA) is 83.1 Å². The standard InChI is InChI=1S/C12H11NO5/c14-6-9-5-13(12(16)17-9)11-3-7-1-2-8(15)4-10(7)18-11/h1-4,9,14-15H,5-6H2/t9-/m1/s1. The first-order valence-electron chi connectivity index (χ1n) is 5.49. The van der Waals surface area contributed by atoms with Crippen molar-refractivity contribution in [3.05, 3.63) is 24.3 Å². The van der Waals surface area contributed by atoms with Gasteiger partial charge >= 0.3 is 6.09 Å². The highest BCUT2D eigenvalue weighted by Gasteiger charge is 2.33. The summed E-state index contributed by atoms with van der Waals surface area (Å²) in [4.78, 5) is 12.9. The van der Waals surface area contributed by atoms with Gasteiger partial charge in [0.1, 0.15) is 17.4 Å². The van der Waals surface area contributed by atoms with Crippen molar-refractivity contribution in [3.8, 4) is 5.75 Å². The number of ether oxygens (including phenoxy) is 1. The van der Waals surface area contributed by atoms with Crippen LogP contribution in [0, 0.1) is 0 Å². The van der Waals surface area contributed by atoms with E-state index in [0.717, 1.165) is 5.39 Å². The van der Waals surface area contributed by atoms with Crippen LogP contribution in [0.2, 0.25) is 0 Å². The minimum Gasteiger partial charge on any atom is -0.508 e. The Morgan fingerprint density at radius 3 is 2.94 bits per heavy atom. The summed E-state index contributed by atoms with van der Waals surface area (Å²) in [6.07, 6.45) is -1.07. The van der Waals surface area contributed by atoms with Crippen molar-refractivity contribution in [2.45, 2.75) is 6.10 Å². The fourth-order valence-electron chi connectivity index (χ4n) is 1.94. The number of amides is 1. The van der Waals surface area contributed by atoms with E-state index < -0.39 is 12.2 Å². The van der Waals surface area contributed by atoms with Gasteiger partial charge in [0.25, 0.3) is 0 Å². The summed E-state index contributed by atoms with van der Waals surface area (Å²) in [5.41, 5.74) is 0.491. The second-order valence-electron chi connectivity index (χ2n) is 4.11. The van der Waals surface area contributed by atoms with E-state index in [2.05, 4.69) is 0 Å². The lowest BCUT2D eigenvalue weighted by molar-refractivity contribution is 0.0963. The van der Waals surface area contributed by atoms with E-state index >= 15 is 0 Å². The zero-order valence-electron chi connectivity index (χ0n) is 9.37. The van der Waals surface area contributed by atoms with Gasteiger partial charge in [-0.25, -0.2) is 9.69 Å². The summed E-state index contributed by atoms with van der Waals surface area (Å²) in [7, 11) is 0. The molecule has 2 heterocycles. The molecule has 0 aliphatic carbocycles. The zero-order chi connectivity index (χ0) is 12.7. The molecule has 1 aromatic heterocycles. The van der Waals surface area contributed by atoms with Crippen LogP contribution in [0.5, 0.6) is 5.75 Å². The SMILES string of the molecule is O=C1O[C@@H](CO)CN1c1cc2ccc(O)cc2o1. The fraction of sp³-hybridized carbons (Fsp3) is 0.250. The quantitative estimate of drug-likeness (QED) is 0.841. The Morgan fingerprint density at radius 2 is 2.22 bits per heavy atom. The van der Waals surface area contributed by atoms with Crippen LogP contribution in [-0.2, 0) is 4.74 Å². The van der Waals surface area contributed by atoms with Gasteiger partial charge in [0.05, 0.1) is 13.2 Å². The molecule has 0 unspecified atom stereocenters. The predicted molar refractivity (Wildman–Crippen MR) is 62.6 cm³/mol. The number of aromatic hydroxyl groups is 1. The average Bonchev–Trinajstić information content (AvgIpc) is 2.91. The number of hydrogen-bond acceptors (Lipinski definition) is 5. The van der Waals surface area contributed by atoms with E-state index in [0.29, 0.717) is 11.5 Å². The van der Waals surface area contributed by atoms with E-state index in [4.69, 9.17) is 14.3 Å². The van der Waals surface area contributed by atoms with Gasteiger partial charge in [-0.05, 0) is 12.1 Å². The lowest BCUT2D eigenvalue weighted by atomic mass is 10.2. The van der Waals surface area contributed by atoms with Crippen LogP contribution >= 0.6 is 0 Å². The molecule has 1 saturated heterocycles. The molecule has 1 aliphatic rings. The Labute approximate surface area is 102 Å². The maximum atomic E-state index is 11.6. The van der Waals surface area contributed by atoms with Crippen molar-refractivity contribution in [2.75, 3.05) is 18.1 Å². The lowest BCUT2D eigenvalue weighted by Crippen LogP contribution is -2.24. The first-order valence-corrected chi connectivity index (χ1v) is 5.49. The second kappa shape index (κ2) is 3.92. The number of nitrogens with zero attached hydrogens (tertiary/aromatic N) is 1. The van der Waals surface area contributed by atoms with Crippen LogP contribution in [0.1, 0.15) is 0 Å². The number of carbonyl (C=O) groups excluding carboxylic acids is 1. The van der Waals surface area contributed by atoms with Crippen LogP contribution in [0.4, 0.5) is 10.7 Å². The summed E-state index contributed by atoms with van der Waals surface area (Å²) in [5.74, 6) is 0.442. The minimum absolute atomic E-state index is 0.0978. The number of furan rings is 1. The molecule has 2 N–H and O–H groups in total. The van der Waals surface area contributed by atoms with Gasteiger partial charge in [-0.2, -0.15) is 0 Å². The molecule has 2 aromatic rings. The molecular formula is C12H11NO5. The van der Waals surface area contributed by atoms with Crippen molar-refractivity contribution >= 4 is 22.9 Å². The van der Waals surface area contributed by atoms with Crippen molar-refractivity contribution in [1.29, 1.82) is 0 Å². The number of phenolic OH excluding ortho intramolecular Hbond substituents is 1. The van der Waals surface area contributed by atoms with Crippen LogP contribution in [-0.4, -0.2) is 35.6 Å². The van der Waals surface area contributed by atoms with Gasteiger partial charge in [-0.1, -0.05) is 0 Å². The Balaban J connectivity index is 1.97. The Hall–Kier alpha value is -2.21. The van der Waals surface area contributed by atoms with Crippen molar-refractivity contribution in [2.24, 2.45) is 0 Å². The number of fused-ring (bicyclic) bond motifs is 1. The molecule has 1 atom stereocenters. The van der Waals surface area contributed by atoms with E-state index in [1.54, 1.807) is 18.2 Å². The highest BCUT2D eigenvalue weighted by atomic mass is 16.6. The summed E-state index contributed by atoms with van der Waals surface area (Å²) in [5, 5.41) is 19.1. The van der Waals surface area contributed by atoms with Crippen molar-refractivity contribution < 1.29 is 24.2 Å². The molecule has 0 radical (unpaired) electrons. The van der Waals surface area contributed by atoms with Gasteiger partial charge in [0.2, 0.25) is 5.88 Å². The van der Waals surface area contributed by atoms with Crippen LogP contribution in [0.15, 0.2) is 28.7 Å².